The molecule has 0 amide bonds. The van der Waals surface area contributed by atoms with Crippen molar-refractivity contribution in [3.63, 3.8) is 0 Å². The Morgan fingerprint density at radius 3 is 2.80 bits per heavy atom. The van der Waals surface area contributed by atoms with E-state index in [1.54, 1.807) is 20.8 Å². The first-order valence-electron chi connectivity index (χ1n) is 9.23. The number of carbonyl (C=O) groups is 1. The van der Waals surface area contributed by atoms with Gasteiger partial charge < -0.3 is 9.47 Å². The lowest BCUT2D eigenvalue weighted by atomic mass is 10.1. The van der Waals surface area contributed by atoms with Gasteiger partial charge in [0.1, 0.15) is 6.23 Å². The Morgan fingerprint density at radius 2 is 2.20 bits per heavy atom. The minimum atomic E-state index is -4.29. The van der Waals surface area contributed by atoms with E-state index in [1.807, 2.05) is 0 Å². The molecule has 1 aliphatic rings. The molecular formula is C16H24N5O8P. The second-order valence-corrected chi connectivity index (χ2v) is 8.59. The van der Waals surface area contributed by atoms with Gasteiger partial charge in [0.2, 0.25) is 0 Å². The van der Waals surface area contributed by atoms with E-state index in [1.165, 1.54) is 13.1 Å². The molecule has 0 saturated carbocycles. The minimum absolute atomic E-state index is 0.0224. The number of aryl methyl sites for hydroxylation is 1. The van der Waals surface area contributed by atoms with Crippen LogP contribution in [-0.2, 0) is 23.1 Å². The zero-order valence-electron chi connectivity index (χ0n) is 17.0. The third kappa shape index (κ3) is 5.59. The molecule has 166 valence electrons. The highest BCUT2D eigenvalue weighted by atomic mass is 31.2. The average molecular weight is 445 g/mol. The Bertz CT molecular complexity index is 983. The summed E-state index contributed by atoms with van der Waals surface area (Å²) >= 11 is 0. The Balaban J connectivity index is 2.23. The maximum absolute atomic E-state index is 12.8. The van der Waals surface area contributed by atoms with Gasteiger partial charge in [0.25, 0.3) is 5.56 Å². The molecule has 1 N–H and O–H groups in total. The summed E-state index contributed by atoms with van der Waals surface area (Å²) in [6.07, 6.45) is -0.965. The van der Waals surface area contributed by atoms with Crippen LogP contribution in [0.1, 0.15) is 39.0 Å². The highest BCUT2D eigenvalue weighted by Crippen LogP contribution is 2.52. The Labute approximate surface area is 171 Å². The number of nitrogens with one attached hydrogen (secondary N) is 1. The van der Waals surface area contributed by atoms with Crippen molar-refractivity contribution in [2.75, 3.05) is 13.2 Å². The summed E-state index contributed by atoms with van der Waals surface area (Å²) in [6.45, 7) is 5.78. The van der Waals surface area contributed by atoms with Gasteiger partial charge in [0.05, 0.1) is 31.5 Å². The molecule has 1 aromatic rings. The van der Waals surface area contributed by atoms with Crippen LogP contribution in [0.3, 0.4) is 0 Å². The third-order valence-electron chi connectivity index (χ3n) is 4.11. The fourth-order valence-electron chi connectivity index (χ4n) is 2.80. The molecule has 0 aromatic carbocycles. The first-order valence-corrected chi connectivity index (χ1v) is 10.8. The first-order chi connectivity index (χ1) is 14.1. The smallest absolute Gasteiger partial charge is 0.438 e. The molecule has 1 aromatic heterocycles. The van der Waals surface area contributed by atoms with Crippen molar-refractivity contribution in [3.8, 4) is 0 Å². The van der Waals surface area contributed by atoms with Crippen molar-refractivity contribution in [2.45, 2.75) is 58.6 Å². The molecule has 2 rings (SSSR count). The molecule has 0 radical (unpaired) electrons. The summed E-state index contributed by atoms with van der Waals surface area (Å²) in [5.41, 5.74) is 6.76. The molecule has 0 aliphatic carbocycles. The first kappa shape index (κ1) is 23.8. The number of H-pyrrole nitrogens is 1. The van der Waals surface area contributed by atoms with Crippen LogP contribution in [0, 0.1) is 6.92 Å². The van der Waals surface area contributed by atoms with Crippen LogP contribution in [-0.4, -0.2) is 46.7 Å². The molecule has 1 aliphatic heterocycles. The van der Waals surface area contributed by atoms with Gasteiger partial charge in [-0.3, -0.25) is 23.4 Å². The standard InChI is InChI=1S/C16H24N5O8P/c1-5-26-16(24)30(25,29-9(2)3)27-8-12-11(19-20-17)6-13(28-12)21-7-10(4)14(22)18-15(21)23/h7,9,11-13H,5-6,8H2,1-4H3,(H,18,22,23)/t11-,12+,13+,30?/m0/s1. The second kappa shape index (κ2) is 10.1. The highest BCUT2D eigenvalue weighted by Gasteiger charge is 2.42. The van der Waals surface area contributed by atoms with Crippen LogP contribution in [0.15, 0.2) is 20.9 Å². The molecule has 2 heterocycles. The Hall–Kier alpha value is -2.43. The van der Waals surface area contributed by atoms with Crippen molar-refractivity contribution < 1.29 is 27.9 Å². The Morgan fingerprint density at radius 1 is 1.50 bits per heavy atom. The van der Waals surface area contributed by atoms with Gasteiger partial charge in [0.15, 0.2) is 0 Å². The monoisotopic (exact) mass is 445 g/mol. The van der Waals surface area contributed by atoms with Crippen LogP contribution in [0.25, 0.3) is 10.4 Å². The summed E-state index contributed by atoms with van der Waals surface area (Å²) in [5.74, 6) is 0. The van der Waals surface area contributed by atoms with E-state index in [2.05, 4.69) is 15.0 Å². The van der Waals surface area contributed by atoms with Crippen LogP contribution < -0.4 is 11.2 Å². The normalized spacial score (nSPS) is 23.0. The van der Waals surface area contributed by atoms with E-state index >= 15 is 0 Å². The molecule has 14 heteroatoms. The Kier molecular flexibility index (Phi) is 7.99. The number of nitrogens with zero attached hydrogens (tertiary/aromatic N) is 4. The number of ether oxygens (including phenoxy) is 2. The second-order valence-electron chi connectivity index (χ2n) is 6.76. The van der Waals surface area contributed by atoms with E-state index in [4.69, 9.17) is 24.1 Å². The number of aromatic amines is 1. The average Bonchev–Trinajstić information content (AvgIpc) is 3.05. The van der Waals surface area contributed by atoms with Crippen LogP contribution in [0.5, 0.6) is 0 Å². The topological polar surface area (TPSA) is 175 Å². The lowest BCUT2D eigenvalue weighted by Crippen LogP contribution is -2.33. The number of carbonyl (C=O) groups excluding carboxylic acids is 1. The highest BCUT2D eigenvalue weighted by molar-refractivity contribution is 7.71. The van der Waals surface area contributed by atoms with Crippen LogP contribution >= 0.6 is 7.60 Å². The molecule has 4 atom stereocenters. The SMILES string of the molecule is CCOC(=O)P(=O)(OC[C@H]1O[C@@H](n2cc(C)c(=O)[nH]c2=O)C[C@@H]1N=[N+]=[N-])OC(C)C. The van der Waals surface area contributed by atoms with Gasteiger partial charge in [0, 0.05) is 23.1 Å². The number of azide groups is 1. The van der Waals surface area contributed by atoms with Crippen molar-refractivity contribution in [1.82, 2.24) is 9.55 Å². The van der Waals surface area contributed by atoms with Crippen molar-refractivity contribution in [3.05, 3.63) is 43.0 Å². The van der Waals surface area contributed by atoms with Gasteiger partial charge in [-0.2, -0.15) is 0 Å². The zero-order chi connectivity index (χ0) is 22.5. The summed E-state index contributed by atoms with van der Waals surface area (Å²) in [7, 11) is -4.29. The quantitative estimate of drug-likeness (QED) is 0.261. The lowest BCUT2D eigenvalue weighted by molar-refractivity contribution is -0.0255. The van der Waals surface area contributed by atoms with Crippen molar-refractivity contribution in [1.29, 1.82) is 0 Å². The summed E-state index contributed by atoms with van der Waals surface area (Å²) in [4.78, 5) is 40.7. The van der Waals surface area contributed by atoms with Crippen molar-refractivity contribution in [2.24, 2.45) is 5.11 Å². The molecular weight excluding hydrogens is 421 g/mol. The van der Waals surface area contributed by atoms with Crippen LogP contribution in [0.2, 0.25) is 0 Å². The van der Waals surface area contributed by atoms with Gasteiger partial charge in [-0.25, -0.2) is 14.2 Å². The number of hydrogen-bond donors (Lipinski definition) is 1. The predicted molar refractivity (Wildman–Crippen MR) is 104 cm³/mol. The van der Waals surface area contributed by atoms with E-state index < -0.39 is 55.6 Å². The number of rotatable bonds is 9. The molecule has 13 nitrogen and oxygen atoms in total. The molecule has 0 spiro atoms. The van der Waals surface area contributed by atoms with Crippen molar-refractivity contribution >= 4 is 13.3 Å². The summed E-state index contributed by atoms with van der Waals surface area (Å²) in [5, 5.41) is 3.63. The molecule has 0 bridgehead atoms. The minimum Gasteiger partial charge on any atom is -0.457 e. The fourth-order valence-corrected chi connectivity index (χ4v) is 4.24. The zero-order valence-corrected chi connectivity index (χ0v) is 17.9. The van der Waals surface area contributed by atoms with E-state index in [0.717, 1.165) is 4.57 Å². The molecule has 1 saturated heterocycles. The van der Waals surface area contributed by atoms with E-state index in [0.29, 0.717) is 0 Å². The van der Waals surface area contributed by atoms with Crippen LogP contribution in [0.4, 0.5) is 4.79 Å². The molecule has 1 unspecified atom stereocenters. The van der Waals surface area contributed by atoms with Gasteiger partial charge in [-0.1, -0.05) is 5.11 Å². The predicted octanol–water partition coefficient (Wildman–Crippen LogP) is 2.60. The summed E-state index contributed by atoms with van der Waals surface area (Å²) in [6, 6.07) is -0.783. The van der Waals surface area contributed by atoms with E-state index in [-0.39, 0.29) is 18.6 Å². The van der Waals surface area contributed by atoms with E-state index in [9.17, 15) is 18.9 Å². The molecule has 30 heavy (non-hydrogen) atoms. The summed E-state index contributed by atoms with van der Waals surface area (Å²) < 4.78 is 35.0. The third-order valence-corrected chi connectivity index (χ3v) is 5.87. The maximum atomic E-state index is 12.8. The maximum Gasteiger partial charge on any atom is 0.438 e. The largest absolute Gasteiger partial charge is 0.457 e. The van der Waals surface area contributed by atoms with Gasteiger partial charge in [-0.15, -0.1) is 0 Å². The number of aromatic nitrogens is 2. The number of hydrogen-bond acceptors (Lipinski definition) is 9. The van der Waals surface area contributed by atoms with Gasteiger partial charge >= 0.3 is 19.0 Å². The lowest BCUT2D eigenvalue weighted by Gasteiger charge is -2.22. The fraction of sp³-hybridized carbons (Fsp3) is 0.688. The van der Waals surface area contributed by atoms with Gasteiger partial charge in [-0.05, 0) is 33.2 Å². The molecule has 1 fully saturated rings.